The molecule has 0 bridgehead atoms. The lowest BCUT2D eigenvalue weighted by Crippen LogP contribution is -2.48. The molecule has 1 aliphatic rings. The number of phenols is 1. The summed E-state index contributed by atoms with van der Waals surface area (Å²) in [5.74, 6) is -0.359. The highest BCUT2D eigenvalue weighted by Crippen LogP contribution is 2.41. The summed E-state index contributed by atoms with van der Waals surface area (Å²) in [6, 6.07) is 10.7. The van der Waals surface area contributed by atoms with Gasteiger partial charge in [0, 0.05) is 43.5 Å². The van der Waals surface area contributed by atoms with Crippen molar-refractivity contribution < 1.29 is 19.1 Å². The summed E-state index contributed by atoms with van der Waals surface area (Å²) in [5.41, 5.74) is 2.04. The van der Waals surface area contributed by atoms with Crippen molar-refractivity contribution in [2.24, 2.45) is 0 Å². The highest BCUT2D eigenvalue weighted by atomic mass is 35.5. The van der Waals surface area contributed by atoms with Crippen molar-refractivity contribution in [1.82, 2.24) is 15.2 Å². The Kier molecular flexibility index (Phi) is 7.83. The minimum atomic E-state index is -0.546. The number of hydrogen-bond donors (Lipinski definition) is 2. The number of phenolic OH excluding ortho intramolecular Hbond substituents is 1. The number of anilines is 2. The van der Waals surface area contributed by atoms with Gasteiger partial charge in [0.2, 0.25) is 12.3 Å². The second kappa shape index (κ2) is 11.0. The molecule has 0 atom stereocenters. The fourth-order valence-electron chi connectivity index (χ4n) is 4.07. The summed E-state index contributed by atoms with van der Waals surface area (Å²) < 4.78 is 14.7. The Hall–Kier alpha value is -3.53. The number of piperazine rings is 1. The van der Waals surface area contributed by atoms with E-state index in [0.717, 1.165) is 0 Å². The van der Waals surface area contributed by atoms with E-state index in [2.05, 4.69) is 10.3 Å². The number of rotatable bonds is 8. The third kappa shape index (κ3) is 5.48. The minimum Gasteiger partial charge on any atom is -0.507 e. The number of carbonyl (C=O) groups excluding carboxylic acids is 2. The lowest BCUT2D eigenvalue weighted by molar-refractivity contribution is -0.118. The maximum absolute atomic E-state index is 14.7. The molecule has 2 amide bonds. The van der Waals surface area contributed by atoms with E-state index in [4.69, 9.17) is 11.6 Å². The molecular weight excluding hydrogens is 485 g/mol. The first-order chi connectivity index (χ1) is 17.3. The van der Waals surface area contributed by atoms with Crippen molar-refractivity contribution in [2.45, 2.75) is 0 Å². The van der Waals surface area contributed by atoms with Crippen LogP contribution in [0.5, 0.6) is 5.75 Å². The zero-order valence-corrected chi connectivity index (χ0v) is 20.8. The smallest absolute Gasteiger partial charge is 0.242 e. The van der Waals surface area contributed by atoms with Gasteiger partial charge in [-0.2, -0.15) is 0 Å². The molecule has 2 heterocycles. The van der Waals surface area contributed by atoms with E-state index in [9.17, 15) is 19.1 Å². The molecule has 10 heteroatoms. The summed E-state index contributed by atoms with van der Waals surface area (Å²) in [5, 5.41) is 14.4. The standard InChI is InChI=1S/C26H27ClFN5O3/c1-31(2)9-10-32(16-34)23-4-3-17(11-22(23)27)20-13-19(28)14-21(26(20)36)18-5-6-30-24(12-18)33-8-7-29-15-25(33)35/h3-6,11-14,16,29,36H,7-10,15H2,1-2H3. The third-order valence-corrected chi connectivity index (χ3v) is 6.28. The van der Waals surface area contributed by atoms with Gasteiger partial charge in [0.05, 0.1) is 17.3 Å². The fraction of sp³-hybridized carbons (Fsp3) is 0.269. The molecule has 1 aromatic heterocycles. The maximum atomic E-state index is 14.7. The molecule has 0 unspecified atom stereocenters. The lowest BCUT2D eigenvalue weighted by Gasteiger charge is -2.26. The summed E-state index contributed by atoms with van der Waals surface area (Å²) in [6.45, 7) is 2.42. The molecule has 2 aromatic carbocycles. The molecule has 8 nitrogen and oxygen atoms in total. The quantitative estimate of drug-likeness (QED) is 0.451. The van der Waals surface area contributed by atoms with Gasteiger partial charge in [-0.15, -0.1) is 0 Å². The molecule has 2 N–H and O–H groups in total. The van der Waals surface area contributed by atoms with Gasteiger partial charge in [-0.05, 0) is 61.6 Å². The van der Waals surface area contributed by atoms with Crippen LogP contribution >= 0.6 is 11.6 Å². The SMILES string of the molecule is CN(C)CCN(C=O)c1ccc(-c2cc(F)cc(-c3ccnc(N4CCNCC4=O)c3)c2O)cc1Cl. The van der Waals surface area contributed by atoms with Crippen molar-refractivity contribution in [2.75, 3.05) is 56.6 Å². The first-order valence-electron chi connectivity index (χ1n) is 11.4. The van der Waals surface area contributed by atoms with Crippen LogP contribution in [0, 0.1) is 5.82 Å². The topological polar surface area (TPSA) is 89.0 Å². The Labute approximate surface area is 213 Å². The molecule has 1 fully saturated rings. The second-order valence-corrected chi connectivity index (χ2v) is 9.15. The van der Waals surface area contributed by atoms with Crippen molar-refractivity contribution in [3.63, 3.8) is 0 Å². The van der Waals surface area contributed by atoms with Crippen LogP contribution in [-0.2, 0) is 9.59 Å². The molecule has 36 heavy (non-hydrogen) atoms. The molecule has 3 aromatic rings. The van der Waals surface area contributed by atoms with E-state index >= 15 is 0 Å². The Bertz CT molecular complexity index is 1290. The number of carbonyl (C=O) groups is 2. The van der Waals surface area contributed by atoms with E-state index < -0.39 is 5.82 Å². The number of nitrogens with zero attached hydrogens (tertiary/aromatic N) is 4. The van der Waals surface area contributed by atoms with Crippen molar-refractivity contribution in [3.05, 3.63) is 59.5 Å². The summed E-state index contributed by atoms with van der Waals surface area (Å²) in [4.78, 5) is 33.2. The molecular formula is C26H27ClFN5O3. The normalized spacial score (nSPS) is 13.8. The van der Waals surface area contributed by atoms with Gasteiger partial charge in [0.15, 0.2) is 0 Å². The van der Waals surface area contributed by atoms with Crippen LogP contribution in [0.2, 0.25) is 5.02 Å². The zero-order valence-electron chi connectivity index (χ0n) is 20.0. The number of nitrogens with one attached hydrogen (secondary N) is 1. The van der Waals surface area contributed by atoms with E-state index in [1.54, 1.807) is 35.2 Å². The minimum absolute atomic E-state index is 0.111. The molecule has 188 valence electrons. The summed E-state index contributed by atoms with van der Waals surface area (Å²) in [6.07, 6.45) is 2.24. The number of likely N-dealkylation sites (N-methyl/N-ethyl adjacent to an activating group) is 1. The number of aromatic nitrogens is 1. The van der Waals surface area contributed by atoms with Crippen LogP contribution in [0.3, 0.4) is 0 Å². The molecule has 0 spiro atoms. The maximum Gasteiger partial charge on any atom is 0.242 e. The molecule has 1 saturated heterocycles. The lowest BCUT2D eigenvalue weighted by atomic mass is 9.97. The van der Waals surface area contributed by atoms with Gasteiger partial charge in [0.1, 0.15) is 17.4 Å². The number of aromatic hydroxyl groups is 1. The Morgan fingerprint density at radius 3 is 2.50 bits per heavy atom. The van der Waals surface area contributed by atoms with E-state index in [0.29, 0.717) is 60.2 Å². The van der Waals surface area contributed by atoms with E-state index in [1.807, 2.05) is 19.0 Å². The van der Waals surface area contributed by atoms with Crippen molar-refractivity contribution in [1.29, 1.82) is 0 Å². The fourth-order valence-corrected chi connectivity index (χ4v) is 4.36. The number of benzene rings is 2. The molecule has 1 aliphatic heterocycles. The number of halogens is 2. The van der Waals surface area contributed by atoms with Crippen LogP contribution in [0.25, 0.3) is 22.3 Å². The van der Waals surface area contributed by atoms with Gasteiger partial charge < -0.3 is 20.2 Å². The Morgan fingerprint density at radius 1 is 1.14 bits per heavy atom. The average molecular weight is 512 g/mol. The van der Waals surface area contributed by atoms with Crippen LogP contribution < -0.4 is 15.1 Å². The van der Waals surface area contributed by atoms with Gasteiger partial charge in [0.25, 0.3) is 0 Å². The first-order valence-corrected chi connectivity index (χ1v) is 11.8. The van der Waals surface area contributed by atoms with Crippen molar-refractivity contribution in [3.8, 4) is 28.0 Å². The Morgan fingerprint density at radius 2 is 1.86 bits per heavy atom. The van der Waals surface area contributed by atoms with Crippen molar-refractivity contribution >= 4 is 35.4 Å². The Balaban J connectivity index is 1.70. The number of amides is 2. The molecule has 0 saturated carbocycles. The summed E-state index contributed by atoms with van der Waals surface area (Å²) in [7, 11) is 3.82. The zero-order chi connectivity index (χ0) is 25.8. The van der Waals surface area contributed by atoms with E-state index in [-0.39, 0.29) is 29.3 Å². The van der Waals surface area contributed by atoms with Crippen LogP contribution in [0.4, 0.5) is 15.9 Å². The van der Waals surface area contributed by atoms with Crippen LogP contribution in [-0.4, -0.2) is 74.1 Å². The number of pyridine rings is 1. The van der Waals surface area contributed by atoms with Gasteiger partial charge in [-0.1, -0.05) is 17.7 Å². The molecule has 0 radical (unpaired) electrons. The van der Waals surface area contributed by atoms with Crippen LogP contribution in [0.15, 0.2) is 48.7 Å². The second-order valence-electron chi connectivity index (χ2n) is 8.74. The predicted molar refractivity (Wildman–Crippen MR) is 139 cm³/mol. The first kappa shape index (κ1) is 25.6. The average Bonchev–Trinajstić information content (AvgIpc) is 2.86. The summed E-state index contributed by atoms with van der Waals surface area (Å²) >= 11 is 6.50. The van der Waals surface area contributed by atoms with Gasteiger partial charge in [-0.3, -0.25) is 14.5 Å². The molecule has 4 rings (SSSR count). The van der Waals surface area contributed by atoms with Gasteiger partial charge >= 0.3 is 0 Å². The largest absolute Gasteiger partial charge is 0.507 e. The highest BCUT2D eigenvalue weighted by molar-refractivity contribution is 6.34. The highest BCUT2D eigenvalue weighted by Gasteiger charge is 2.22. The van der Waals surface area contributed by atoms with Crippen LogP contribution in [0.1, 0.15) is 0 Å². The molecule has 0 aliphatic carbocycles. The third-order valence-electron chi connectivity index (χ3n) is 5.98. The predicted octanol–water partition coefficient (Wildman–Crippen LogP) is 3.37. The van der Waals surface area contributed by atoms with Gasteiger partial charge in [-0.25, -0.2) is 9.37 Å². The number of hydrogen-bond acceptors (Lipinski definition) is 6. The monoisotopic (exact) mass is 511 g/mol. The van der Waals surface area contributed by atoms with E-state index in [1.165, 1.54) is 23.2 Å².